The molecule has 3 nitrogen and oxygen atoms in total. The van der Waals surface area contributed by atoms with E-state index in [1.54, 1.807) is 6.20 Å². The maximum atomic E-state index is 4.09. The first-order valence-corrected chi connectivity index (χ1v) is 6.95. The summed E-state index contributed by atoms with van der Waals surface area (Å²) in [6, 6.07) is 0. The molecule has 0 amide bonds. The predicted molar refractivity (Wildman–Crippen MR) is 72.4 cm³/mol. The number of unbranched alkanes of at least 4 members (excludes halogenated alkanes) is 7. The van der Waals surface area contributed by atoms with E-state index in [-0.39, 0.29) is 0 Å². The highest BCUT2D eigenvalue weighted by molar-refractivity contribution is 5.11. The van der Waals surface area contributed by atoms with Crippen molar-refractivity contribution >= 4 is 0 Å². The monoisotopic (exact) mass is 235 g/mol. The van der Waals surface area contributed by atoms with Crippen molar-refractivity contribution in [1.29, 1.82) is 0 Å². The largest absolute Gasteiger partial charge is 0.267 e. The molecule has 0 aliphatic carbocycles. The van der Waals surface area contributed by atoms with Crippen molar-refractivity contribution in [3.05, 3.63) is 24.0 Å². The van der Waals surface area contributed by atoms with Crippen LogP contribution in [0, 0.1) is 0 Å². The van der Waals surface area contributed by atoms with E-state index in [1.807, 2.05) is 12.2 Å². The highest BCUT2D eigenvalue weighted by Crippen LogP contribution is 2.14. The van der Waals surface area contributed by atoms with Crippen molar-refractivity contribution in [3.8, 4) is 0 Å². The lowest BCUT2D eigenvalue weighted by Crippen LogP contribution is -1.88. The van der Waals surface area contributed by atoms with Crippen LogP contribution >= 0.6 is 0 Å². The first-order chi connectivity index (χ1) is 8.43. The van der Waals surface area contributed by atoms with Gasteiger partial charge < -0.3 is 0 Å². The number of allylic oxidation sites excluding steroid dienone is 3. The van der Waals surface area contributed by atoms with Crippen molar-refractivity contribution in [2.75, 3.05) is 0 Å². The molecule has 1 rings (SSSR count). The molecule has 96 valence electrons. The molecule has 0 aromatic heterocycles. The minimum absolute atomic E-state index is 1.05. The van der Waals surface area contributed by atoms with Gasteiger partial charge in [-0.25, -0.2) is 0 Å². The molecule has 1 N–H and O–H groups in total. The maximum absolute atomic E-state index is 4.09. The zero-order valence-corrected chi connectivity index (χ0v) is 11.0. The van der Waals surface area contributed by atoms with Crippen LogP contribution in [-0.2, 0) is 0 Å². The summed E-state index contributed by atoms with van der Waals surface area (Å²) in [7, 11) is 0. The molecule has 0 saturated heterocycles. The molecule has 1 heterocycles. The Labute approximate surface area is 105 Å². The standard InChI is InChI=1S/C14H25N3/c1-2-3-4-5-6-7-8-9-11-14-12-10-13-15-17-16-14/h10,12-13H,2-9,11H2,1H3,(H,15,16). The lowest BCUT2D eigenvalue weighted by Gasteiger charge is -2.01. The summed E-state index contributed by atoms with van der Waals surface area (Å²) in [5.74, 6) is 0. The molecule has 0 fully saturated rings. The highest BCUT2D eigenvalue weighted by atomic mass is 15.4. The summed E-state index contributed by atoms with van der Waals surface area (Å²) in [4.78, 5) is 0. The van der Waals surface area contributed by atoms with E-state index in [1.165, 1.54) is 51.4 Å². The van der Waals surface area contributed by atoms with Crippen LogP contribution in [0.2, 0.25) is 0 Å². The normalized spacial score (nSPS) is 14.3. The van der Waals surface area contributed by atoms with Crippen LogP contribution in [0.5, 0.6) is 0 Å². The fourth-order valence-corrected chi connectivity index (χ4v) is 1.94. The van der Waals surface area contributed by atoms with Gasteiger partial charge in [0, 0.05) is 6.20 Å². The molecule has 1 aliphatic heterocycles. The smallest absolute Gasteiger partial charge is 0.0648 e. The van der Waals surface area contributed by atoms with Gasteiger partial charge in [-0.1, -0.05) is 57.1 Å². The Hall–Kier alpha value is -1.12. The first kappa shape index (κ1) is 13.9. The fourth-order valence-electron chi connectivity index (χ4n) is 1.94. The Bertz CT molecular complexity index is 267. The molecule has 0 aromatic rings. The summed E-state index contributed by atoms with van der Waals surface area (Å²) in [6.07, 6.45) is 17.7. The SMILES string of the molecule is CCCCCCCCCCC1=CC=CNN=N1. The zero-order valence-electron chi connectivity index (χ0n) is 11.0. The van der Waals surface area contributed by atoms with Crippen molar-refractivity contribution in [1.82, 2.24) is 5.43 Å². The average molecular weight is 235 g/mol. The Morgan fingerprint density at radius 1 is 1.00 bits per heavy atom. The molecule has 0 atom stereocenters. The summed E-state index contributed by atoms with van der Waals surface area (Å²) >= 11 is 0. The van der Waals surface area contributed by atoms with Crippen LogP contribution in [0.1, 0.15) is 64.7 Å². The van der Waals surface area contributed by atoms with Gasteiger partial charge in [0.1, 0.15) is 0 Å². The van der Waals surface area contributed by atoms with Crippen molar-refractivity contribution in [2.24, 2.45) is 10.3 Å². The van der Waals surface area contributed by atoms with E-state index in [9.17, 15) is 0 Å². The molecule has 1 aliphatic rings. The van der Waals surface area contributed by atoms with Crippen LogP contribution in [0.15, 0.2) is 34.4 Å². The minimum Gasteiger partial charge on any atom is -0.267 e. The molecular weight excluding hydrogens is 210 g/mol. The van der Waals surface area contributed by atoms with Gasteiger partial charge in [-0.05, 0) is 25.0 Å². The molecule has 0 aromatic carbocycles. The predicted octanol–water partition coefficient (Wildman–Crippen LogP) is 4.89. The molecule has 3 heteroatoms. The quantitative estimate of drug-likeness (QED) is 0.568. The maximum Gasteiger partial charge on any atom is 0.0648 e. The Morgan fingerprint density at radius 3 is 2.47 bits per heavy atom. The third-order valence-corrected chi connectivity index (χ3v) is 2.98. The topological polar surface area (TPSA) is 36.8 Å². The van der Waals surface area contributed by atoms with Crippen LogP contribution in [0.25, 0.3) is 0 Å². The molecule has 0 radical (unpaired) electrons. The van der Waals surface area contributed by atoms with Crippen LogP contribution in [0.3, 0.4) is 0 Å². The van der Waals surface area contributed by atoms with Gasteiger partial charge in [0.25, 0.3) is 0 Å². The highest BCUT2D eigenvalue weighted by Gasteiger charge is 1.97. The molecule has 0 saturated carbocycles. The van der Waals surface area contributed by atoms with E-state index < -0.39 is 0 Å². The fraction of sp³-hybridized carbons (Fsp3) is 0.714. The first-order valence-electron chi connectivity index (χ1n) is 6.95. The second-order valence-electron chi connectivity index (χ2n) is 4.57. The third-order valence-electron chi connectivity index (χ3n) is 2.98. The van der Waals surface area contributed by atoms with Crippen molar-refractivity contribution < 1.29 is 0 Å². The molecule has 0 spiro atoms. The van der Waals surface area contributed by atoms with E-state index in [0.717, 1.165) is 12.1 Å². The molecular formula is C14H25N3. The number of nitrogens with zero attached hydrogens (tertiary/aromatic N) is 2. The van der Waals surface area contributed by atoms with Gasteiger partial charge >= 0.3 is 0 Å². The van der Waals surface area contributed by atoms with Crippen LogP contribution in [-0.4, -0.2) is 0 Å². The van der Waals surface area contributed by atoms with Crippen LogP contribution < -0.4 is 5.43 Å². The Kier molecular flexibility index (Phi) is 8.25. The summed E-state index contributed by atoms with van der Waals surface area (Å²) in [6.45, 7) is 2.26. The second kappa shape index (κ2) is 10.1. The number of rotatable bonds is 9. The Morgan fingerprint density at radius 2 is 1.71 bits per heavy atom. The minimum atomic E-state index is 1.05. The van der Waals surface area contributed by atoms with Gasteiger partial charge in [-0.3, -0.25) is 5.43 Å². The number of nitrogens with one attached hydrogen (secondary N) is 1. The summed E-state index contributed by atoms with van der Waals surface area (Å²) in [5, 5.41) is 7.91. The summed E-state index contributed by atoms with van der Waals surface area (Å²) in [5.41, 5.74) is 3.81. The summed E-state index contributed by atoms with van der Waals surface area (Å²) < 4.78 is 0. The van der Waals surface area contributed by atoms with E-state index in [4.69, 9.17) is 0 Å². The number of hydrogen-bond acceptors (Lipinski definition) is 3. The van der Waals surface area contributed by atoms with Crippen molar-refractivity contribution in [3.63, 3.8) is 0 Å². The average Bonchev–Trinajstić information content (AvgIpc) is 2.61. The molecule has 0 bridgehead atoms. The van der Waals surface area contributed by atoms with Gasteiger partial charge in [-0.2, -0.15) is 0 Å². The van der Waals surface area contributed by atoms with E-state index >= 15 is 0 Å². The van der Waals surface area contributed by atoms with Crippen LogP contribution in [0.4, 0.5) is 0 Å². The van der Waals surface area contributed by atoms with Gasteiger partial charge in [0.2, 0.25) is 0 Å². The second-order valence-corrected chi connectivity index (χ2v) is 4.57. The van der Waals surface area contributed by atoms with Crippen molar-refractivity contribution in [2.45, 2.75) is 64.7 Å². The van der Waals surface area contributed by atoms with Gasteiger partial charge in [0.15, 0.2) is 0 Å². The molecule has 17 heavy (non-hydrogen) atoms. The zero-order chi connectivity index (χ0) is 12.2. The van der Waals surface area contributed by atoms with Gasteiger partial charge in [-0.15, -0.1) is 5.11 Å². The van der Waals surface area contributed by atoms with E-state index in [2.05, 4.69) is 22.7 Å². The Balaban J connectivity index is 1.93. The third kappa shape index (κ3) is 7.72. The molecule has 0 unspecified atom stereocenters. The lowest BCUT2D eigenvalue weighted by atomic mass is 10.1. The van der Waals surface area contributed by atoms with E-state index in [0.29, 0.717) is 0 Å². The van der Waals surface area contributed by atoms with Gasteiger partial charge in [0.05, 0.1) is 5.70 Å². The number of hydrogen-bond donors (Lipinski definition) is 1. The lowest BCUT2D eigenvalue weighted by molar-refractivity contribution is 0.573.